The molecule has 5 rings (SSSR count). The Morgan fingerprint density at radius 3 is 2.53 bits per heavy atom. The van der Waals surface area contributed by atoms with Gasteiger partial charge in [0.2, 0.25) is 15.9 Å². The Hall–Kier alpha value is -2.69. The number of sulfonamides is 1. The molecular formula is C21H22ClN5O4S. The number of carbonyl (C=O) groups excluding carboxylic acids is 1. The Kier molecular flexibility index (Phi) is 5.11. The van der Waals surface area contributed by atoms with Crippen LogP contribution in [-0.4, -0.2) is 46.7 Å². The molecule has 0 bridgehead atoms. The van der Waals surface area contributed by atoms with Crippen LogP contribution in [0.15, 0.2) is 52.0 Å². The van der Waals surface area contributed by atoms with E-state index < -0.39 is 15.6 Å². The van der Waals surface area contributed by atoms with Crippen LogP contribution in [0, 0.1) is 6.92 Å². The highest BCUT2D eigenvalue weighted by Crippen LogP contribution is 2.42. The first kappa shape index (κ1) is 21.2. The van der Waals surface area contributed by atoms with Gasteiger partial charge in [-0.1, -0.05) is 16.8 Å². The summed E-state index contributed by atoms with van der Waals surface area (Å²) in [4.78, 5) is 15.0. The predicted octanol–water partition coefficient (Wildman–Crippen LogP) is 2.95. The van der Waals surface area contributed by atoms with Crippen LogP contribution in [-0.2, 0) is 26.9 Å². The molecule has 0 saturated carbocycles. The molecule has 1 fully saturated rings. The van der Waals surface area contributed by atoms with Crippen molar-refractivity contribution < 1.29 is 17.7 Å². The van der Waals surface area contributed by atoms with E-state index in [1.165, 1.54) is 16.4 Å². The molecule has 1 spiro atoms. The molecule has 2 aliphatic heterocycles. The van der Waals surface area contributed by atoms with Crippen molar-refractivity contribution in [2.24, 2.45) is 0 Å². The summed E-state index contributed by atoms with van der Waals surface area (Å²) in [6, 6.07) is 9.78. The number of fused-ring (bicyclic) bond motifs is 2. The number of aryl methyl sites for hydroxylation is 1. The highest BCUT2D eigenvalue weighted by molar-refractivity contribution is 7.89. The van der Waals surface area contributed by atoms with Gasteiger partial charge in [-0.25, -0.2) is 13.1 Å². The van der Waals surface area contributed by atoms with Crippen LogP contribution in [0.25, 0.3) is 0 Å². The largest absolute Gasteiger partial charge is 0.361 e. The van der Waals surface area contributed by atoms with Crippen LogP contribution in [0.3, 0.4) is 0 Å². The molecule has 32 heavy (non-hydrogen) atoms. The lowest BCUT2D eigenvalue weighted by Crippen LogP contribution is -2.54. The zero-order chi connectivity index (χ0) is 22.5. The van der Waals surface area contributed by atoms with Crippen molar-refractivity contribution in [1.82, 2.24) is 19.2 Å². The second kappa shape index (κ2) is 7.72. The van der Waals surface area contributed by atoms with Crippen LogP contribution >= 0.6 is 11.6 Å². The maximum atomic E-state index is 13.2. The molecule has 168 valence electrons. The first-order valence-electron chi connectivity index (χ1n) is 10.3. The average Bonchev–Trinajstić information content (AvgIpc) is 3.41. The maximum absolute atomic E-state index is 13.2. The molecule has 9 nitrogen and oxygen atoms in total. The third-order valence-corrected chi connectivity index (χ3v) is 8.40. The zero-order valence-corrected chi connectivity index (χ0v) is 19.0. The smallest absolute Gasteiger partial charge is 0.243 e. The molecular weight excluding hydrogens is 454 g/mol. The van der Waals surface area contributed by atoms with E-state index in [1.54, 1.807) is 36.2 Å². The minimum Gasteiger partial charge on any atom is -0.361 e. The van der Waals surface area contributed by atoms with Crippen LogP contribution in [0.5, 0.6) is 0 Å². The molecule has 2 aromatic heterocycles. The third kappa shape index (κ3) is 3.52. The van der Waals surface area contributed by atoms with E-state index in [2.05, 4.69) is 10.3 Å². The Morgan fingerprint density at radius 2 is 1.88 bits per heavy atom. The van der Waals surface area contributed by atoms with Crippen molar-refractivity contribution in [3.63, 3.8) is 0 Å². The summed E-state index contributed by atoms with van der Waals surface area (Å²) in [5.41, 5.74) is 0.126. The van der Waals surface area contributed by atoms with Gasteiger partial charge >= 0.3 is 0 Å². The number of rotatable bonds is 4. The number of anilines is 1. The lowest BCUT2D eigenvalue weighted by molar-refractivity contribution is -0.122. The van der Waals surface area contributed by atoms with Crippen molar-refractivity contribution in [3.8, 4) is 0 Å². The number of nitrogens with zero attached hydrogens (tertiary/aromatic N) is 5. The van der Waals surface area contributed by atoms with Gasteiger partial charge in [0.05, 0.1) is 29.6 Å². The number of halogens is 1. The van der Waals surface area contributed by atoms with Gasteiger partial charge in [-0.2, -0.15) is 9.40 Å². The Morgan fingerprint density at radius 1 is 1.16 bits per heavy atom. The lowest BCUT2D eigenvalue weighted by atomic mass is 9.83. The summed E-state index contributed by atoms with van der Waals surface area (Å²) >= 11 is 5.90. The van der Waals surface area contributed by atoms with E-state index in [9.17, 15) is 13.2 Å². The summed E-state index contributed by atoms with van der Waals surface area (Å²) in [6.45, 7) is 2.72. The summed E-state index contributed by atoms with van der Waals surface area (Å²) in [6.07, 6.45) is 2.93. The van der Waals surface area contributed by atoms with E-state index in [1.807, 2.05) is 10.7 Å². The average molecular weight is 476 g/mol. The fourth-order valence-corrected chi connectivity index (χ4v) is 6.12. The molecule has 4 heterocycles. The number of benzene rings is 1. The van der Waals surface area contributed by atoms with E-state index in [-0.39, 0.29) is 17.2 Å². The van der Waals surface area contributed by atoms with Gasteiger partial charge < -0.3 is 4.52 Å². The highest BCUT2D eigenvalue weighted by Gasteiger charge is 2.47. The monoisotopic (exact) mass is 475 g/mol. The van der Waals surface area contributed by atoms with Gasteiger partial charge in [-0.05, 0) is 44.0 Å². The van der Waals surface area contributed by atoms with Crippen LogP contribution in [0.1, 0.15) is 30.7 Å². The topological polar surface area (TPSA) is 102 Å². The van der Waals surface area contributed by atoms with Crippen molar-refractivity contribution in [2.75, 3.05) is 18.0 Å². The second-order valence-corrected chi connectivity index (χ2v) is 10.6. The van der Waals surface area contributed by atoms with Crippen LogP contribution < -0.4 is 4.90 Å². The van der Waals surface area contributed by atoms with Gasteiger partial charge in [0.15, 0.2) is 0 Å². The molecule has 3 aromatic rings. The van der Waals surface area contributed by atoms with Crippen molar-refractivity contribution in [1.29, 1.82) is 0 Å². The Bertz CT molecular complexity index is 1260. The van der Waals surface area contributed by atoms with Crippen molar-refractivity contribution >= 4 is 33.3 Å². The number of hydrogen-bond acceptors (Lipinski definition) is 6. The van der Waals surface area contributed by atoms with Gasteiger partial charge in [-0.3, -0.25) is 9.69 Å². The molecule has 0 aliphatic carbocycles. The van der Waals surface area contributed by atoms with E-state index in [4.69, 9.17) is 16.1 Å². The number of hydrogen-bond donors (Lipinski definition) is 0. The van der Waals surface area contributed by atoms with Gasteiger partial charge in [0, 0.05) is 30.2 Å². The van der Waals surface area contributed by atoms with E-state index in [0.29, 0.717) is 54.8 Å². The Labute approximate surface area is 190 Å². The molecule has 2 aliphatic rings. The fraction of sp³-hybridized carbons (Fsp3) is 0.381. The number of carbonyl (C=O) groups is 1. The summed E-state index contributed by atoms with van der Waals surface area (Å²) < 4.78 is 34.6. The van der Waals surface area contributed by atoms with Gasteiger partial charge in [0.1, 0.15) is 17.3 Å². The van der Waals surface area contributed by atoms with E-state index in [0.717, 1.165) is 0 Å². The molecule has 11 heteroatoms. The number of amides is 1. The first-order valence-corrected chi connectivity index (χ1v) is 12.1. The summed E-state index contributed by atoms with van der Waals surface area (Å²) in [7, 11) is -3.63. The predicted molar refractivity (Wildman–Crippen MR) is 117 cm³/mol. The van der Waals surface area contributed by atoms with Crippen LogP contribution in [0.2, 0.25) is 5.02 Å². The van der Waals surface area contributed by atoms with E-state index >= 15 is 0 Å². The number of aromatic nitrogens is 3. The van der Waals surface area contributed by atoms with Crippen LogP contribution in [0.4, 0.5) is 5.82 Å². The normalized spacial score (nSPS) is 18.8. The van der Waals surface area contributed by atoms with Crippen molar-refractivity contribution in [2.45, 2.75) is 43.2 Å². The van der Waals surface area contributed by atoms with Crippen molar-refractivity contribution in [3.05, 3.63) is 59.1 Å². The second-order valence-electron chi connectivity index (χ2n) is 8.27. The molecule has 1 amide bonds. The number of piperidine rings is 1. The molecule has 1 saturated heterocycles. The molecule has 1 aromatic carbocycles. The quantitative estimate of drug-likeness (QED) is 0.575. The SMILES string of the molecule is Cc1cc(CN2C(=O)CC3(CCN(S(=O)(=O)c4ccc(Cl)cc4)CC3)n3nccc32)no1. The fourth-order valence-electron chi connectivity index (χ4n) is 4.56. The lowest BCUT2D eigenvalue weighted by Gasteiger charge is -2.46. The van der Waals surface area contributed by atoms with Gasteiger partial charge in [-0.15, -0.1) is 0 Å². The third-order valence-electron chi connectivity index (χ3n) is 6.23. The minimum atomic E-state index is -3.63. The molecule has 0 N–H and O–H groups in total. The maximum Gasteiger partial charge on any atom is 0.243 e. The summed E-state index contributed by atoms with van der Waals surface area (Å²) in [5, 5.41) is 9.00. The molecule has 0 atom stereocenters. The standard InChI is InChI=1S/C21H22ClN5O4S/c1-15-12-17(24-31-15)14-26-19-6-9-23-27(19)21(13-20(26)28)7-10-25(11-8-21)32(29,30)18-4-2-16(22)3-5-18/h2-6,9,12H,7-8,10-11,13-14H2,1H3. The minimum absolute atomic E-state index is 0.0346. The molecule has 0 radical (unpaired) electrons. The highest BCUT2D eigenvalue weighted by atomic mass is 35.5. The summed E-state index contributed by atoms with van der Waals surface area (Å²) in [5.74, 6) is 1.34. The first-order chi connectivity index (χ1) is 15.3. The molecule has 0 unspecified atom stereocenters. The zero-order valence-electron chi connectivity index (χ0n) is 17.4. The van der Waals surface area contributed by atoms with Gasteiger partial charge in [0.25, 0.3) is 0 Å². The Balaban J connectivity index is 1.38.